The van der Waals surface area contributed by atoms with E-state index < -0.39 is 0 Å². The van der Waals surface area contributed by atoms with E-state index in [4.69, 9.17) is 6.92 Å². The predicted molar refractivity (Wildman–Crippen MR) is 216 cm³/mol. The van der Waals surface area contributed by atoms with Crippen molar-refractivity contribution in [1.82, 2.24) is 20.2 Å². The second kappa shape index (κ2) is 25.0. The zero-order chi connectivity index (χ0) is 35.1. The molecule has 0 aromatic rings. The molecule has 3 aliphatic heterocycles. The second-order valence-electron chi connectivity index (χ2n) is 17.1. The highest BCUT2D eigenvalue weighted by molar-refractivity contribution is 5.18. The molecule has 3 fully saturated rings. The summed E-state index contributed by atoms with van der Waals surface area (Å²) >= 11 is 0. The first-order valence-corrected chi connectivity index (χ1v) is 23.0. The number of hydrogen-bond acceptors (Lipinski definition) is 4. The third-order valence-electron chi connectivity index (χ3n) is 12.9. The zero-order valence-electron chi connectivity index (χ0n) is 34.2. The number of rotatable bonds is 37. The van der Waals surface area contributed by atoms with Crippen molar-refractivity contribution < 1.29 is 0 Å². The predicted octanol–water partition coefficient (Wildman–Crippen LogP) is 13.6. The van der Waals surface area contributed by atoms with Crippen LogP contribution in [0.5, 0.6) is 0 Å². The van der Waals surface area contributed by atoms with Gasteiger partial charge in [0.2, 0.25) is 0 Å². The van der Waals surface area contributed by atoms with Crippen molar-refractivity contribution in [2.75, 3.05) is 26.2 Å². The zero-order valence-corrected chi connectivity index (χ0v) is 34.2. The van der Waals surface area contributed by atoms with E-state index in [-0.39, 0.29) is 16.9 Å². The van der Waals surface area contributed by atoms with Crippen molar-refractivity contribution >= 4 is 0 Å². The Kier molecular flexibility index (Phi) is 22.0. The molecule has 3 rings (SSSR count). The Bertz CT molecular complexity index is 741. The van der Waals surface area contributed by atoms with Crippen LogP contribution in [0, 0.1) is 12.3 Å². The number of hydrazine groups is 1. The Morgan fingerprint density at radius 3 is 1.06 bits per heavy atom. The molecule has 0 aliphatic carbocycles. The van der Waals surface area contributed by atoms with Crippen LogP contribution in [0.15, 0.2) is 0 Å². The van der Waals surface area contributed by atoms with E-state index in [1.54, 1.807) is 0 Å². The van der Waals surface area contributed by atoms with Gasteiger partial charge in [0.25, 0.3) is 0 Å². The maximum absolute atomic E-state index is 4.90. The van der Waals surface area contributed by atoms with Gasteiger partial charge >= 0.3 is 0 Å². The van der Waals surface area contributed by atoms with Crippen LogP contribution in [-0.4, -0.2) is 52.4 Å². The normalized spacial score (nSPS) is 19.2. The highest BCUT2D eigenvalue weighted by Crippen LogP contribution is 2.60. The van der Waals surface area contributed by atoms with Crippen LogP contribution in [0.2, 0.25) is 0 Å². The molecule has 0 bridgehead atoms. The van der Waals surface area contributed by atoms with Gasteiger partial charge in [-0.3, -0.25) is 9.80 Å². The fourth-order valence-corrected chi connectivity index (χ4v) is 9.60. The summed E-state index contributed by atoms with van der Waals surface area (Å²) in [5, 5.41) is 2.95. The van der Waals surface area contributed by atoms with Crippen LogP contribution in [0.25, 0.3) is 0 Å². The fourth-order valence-electron chi connectivity index (χ4n) is 9.60. The largest absolute Gasteiger partial charge is 0.269 e. The van der Waals surface area contributed by atoms with E-state index in [1.807, 2.05) is 0 Å². The van der Waals surface area contributed by atoms with Gasteiger partial charge in [-0.05, 0) is 32.1 Å². The Balaban J connectivity index is 1.78. The Labute approximate surface area is 309 Å². The van der Waals surface area contributed by atoms with Crippen molar-refractivity contribution in [3.8, 4) is 0 Å². The minimum Gasteiger partial charge on any atom is -0.269 e. The molecule has 4 heteroatoms. The Morgan fingerprint density at radius 2 is 0.755 bits per heavy atom. The summed E-state index contributed by atoms with van der Waals surface area (Å²) in [6.07, 6.45) is 45.8. The molecular formula is C45H89N4. The fraction of sp³-hybridized carbons (Fsp3) is 0.978. The van der Waals surface area contributed by atoms with E-state index in [2.05, 4.69) is 47.9 Å². The smallest absolute Gasteiger partial charge is 0.151 e. The van der Waals surface area contributed by atoms with Gasteiger partial charge < -0.3 is 0 Å². The maximum atomic E-state index is 4.90. The van der Waals surface area contributed by atoms with Gasteiger partial charge in [0.1, 0.15) is 5.66 Å². The number of hydrogen-bond donors (Lipinski definition) is 1. The summed E-state index contributed by atoms with van der Waals surface area (Å²) in [5.74, 6) is 0.0292. The second-order valence-corrected chi connectivity index (χ2v) is 17.1. The lowest BCUT2D eigenvalue weighted by atomic mass is 9.68. The van der Waals surface area contributed by atoms with Gasteiger partial charge in [0.05, 0.1) is 0 Å². The molecule has 1 unspecified atom stereocenters. The molecule has 0 aromatic carbocycles. The van der Waals surface area contributed by atoms with Crippen LogP contribution < -0.4 is 5.43 Å². The third kappa shape index (κ3) is 14.0. The standard InChI is InChI=1S/C45H89N4/c1-6-11-15-19-23-27-31-35-43(10-5,36-32-28-24-20-16-12-7-2)45(47-39-40-47,48-41-42-48)49-44(46-49,37-33-29-25-21-17-13-8-3)38-34-30-26-22-18-14-9-4/h46H,5-42H2,1-4H3. The molecule has 3 saturated heterocycles. The highest BCUT2D eigenvalue weighted by Gasteiger charge is 2.73. The van der Waals surface area contributed by atoms with Gasteiger partial charge in [-0.1, -0.05) is 214 Å². The SMILES string of the molecule is [CH2]CC(CCCCCCCCC)(CCCCCCCCC)C(N1CC1)(N1CC1)N1NC1(CCCCCCCCC)CCCCCCCCC. The summed E-state index contributed by atoms with van der Waals surface area (Å²) in [5.41, 5.74) is 4.73. The van der Waals surface area contributed by atoms with Crippen LogP contribution in [0.3, 0.4) is 0 Å². The molecule has 0 aromatic heterocycles. The summed E-state index contributed by atoms with van der Waals surface area (Å²) in [4.78, 5) is 5.86. The van der Waals surface area contributed by atoms with Crippen molar-refractivity contribution in [3.05, 3.63) is 6.92 Å². The molecule has 49 heavy (non-hydrogen) atoms. The number of nitrogens with one attached hydrogen (secondary N) is 1. The minimum atomic E-state index is 0.0292. The average Bonchev–Trinajstić information content (AvgIpc) is 3.98. The van der Waals surface area contributed by atoms with Gasteiger partial charge in [-0.15, -0.1) is 0 Å². The van der Waals surface area contributed by atoms with E-state index in [1.165, 1.54) is 232 Å². The lowest BCUT2D eigenvalue weighted by molar-refractivity contribution is -0.153. The summed E-state index contributed by atoms with van der Waals surface area (Å²) < 4.78 is 0. The summed E-state index contributed by atoms with van der Waals surface area (Å²) in [6.45, 7) is 19.4. The molecular weight excluding hydrogens is 597 g/mol. The molecule has 3 heterocycles. The van der Waals surface area contributed by atoms with Crippen LogP contribution >= 0.6 is 0 Å². The van der Waals surface area contributed by atoms with Gasteiger partial charge in [0.15, 0.2) is 5.79 Å². The lowest BCUT2D eigenvalue weighted by Gasteiger charge is -2.54. The molecule has 1 N–H and O–H groups in total. The first kappa shape index (κ1) is 43.2. The maximum Gasteiger partial charge on any atom is 0.151 e. The van der Waals surface area contributed by atoms with E-state index in [9.17, 15) is 0 Å². The van der Waals surface area contributed by atoms with E-state index in [0.717, 1.165) is 6.42 Å². The minimum absolute atomic E-state index is 0.0292. The molecule has 0 amide bonds. The Hall–Kier alpha value is -0.160. The van der Waals surface area contributed by atoms with Crippen molar-refractivity contribution in [1.29, 1.82) is 0 Å². The van der Waals surface area contributed by atoms with E-state index >= 15 is 0 Å². The van der Waals surface area contributed by atoms with Crippen molar-refractivity contribution in [2.45, 2.75) is 251 Å². The molecule has 0 saturated carbocycles. The molecule has 0 spiro atoms. The average molecular weight is 686 g/mol. The van der Waals surface area contributed by atoms with Crippen LogP contribution in [-0.2, 0) is 0 Å². The molecule has 289 valence electrons. The molecule has 1 radical (unpaired) electrons. The molecule has 4 nitrogen and oxygen atoms in total. The lowest BCUT2D eigenvalue weighted by Crippen LogP contribution is -2.66. The number of nitrogens with zero attached hydrogens (tertiary/aromatic N) is 3. The first-order chi connectivity index (χ1) is 24.1. The summed E-state index contributed by atoms with van der Waals surface area (Å²) in [7, 11) is 0. The topological polar surface area (TPSA) is 31.0 Å². The van der Waals surface area contributed by atoms with Crippen LogP contribution in [0.4, 0.5) is 0 Å². The van der Waals surface area contributed by atoms with Crippen molar-refractivity contribution in [2.24, 2.45) is 5.41 Å². The van der Waals surface area contributed by atoms with Crippen LogP contribution in [0.1, 0.15) is 240 Å². The van der Waals surface area contributed by atoms with Gasteiger partial charge in [-0.2, -0.15) is 5.01 Å². The van der Waals surface area contributed by atoms with Gasteiger partial charge in [-0.25, -0.2) is 5.43 Å². The highest BCUT2D eigenvalue weighted by atomic mass is 15.9. The summed E-state index contributed by atoms with van der Waals surface area (Å²) in [6, 6.07) is 0. The number of unbranched alkanes of at least 4 members (excludes halogenated alkanes) is 24. The monoisotopic (exact) mass is 686 g/mol. The molecule has 3 aliphatic rings. The third-order valence-corrected chi connectivity index (χ3v) is 12.9. The first-order valence-electron chi connectivity index (χ1n) is 23.0. The quantitative estimate of drug-likeness (QED) is 0.0521. The molecule has 1 atom stereocenters. The Morgan fingerprint density at radius 1 is 0.449 bits per heavy atom. The van der Waals surface area contributed by atoms with E-state index in [0.29, 0.717) is 0 Å². The van der Waals surface area contributed by atoms with Gasteiger partial charge in [0, 0.05) is 31.6 Å². The van der Waals surface area contributed by atoms with Crippen molar-refractivity contribution in [3.63, 3.8) is 0 Å².